The lowest BCUT2D eigenvalue weighted by atomic mass is 10.0. The molecule has 0 unspecified atom stereocenters. The predicted octanol–water partition coefficient (Wildman–Crippen LogP) is 2.93. The summed E-state index contributed by atoms with van der Waals surface area (Å²) < 4.78 is 5.80. The number of aryl methyl sites for hydroxylation is 1. The van der Waals surface area contributed by atoms with E-state index in [1.165, 1.54) is 11.1 Å². The van der Waals surface area contributed by atoms with Crippen LogP contribution < -0.4 is 0 Å². The number of benzene rings is 2. The summed E-state index contributed by atoms with van der Waals surface area (Å²) in [6.45, 7) is 5.28. The van der Waals surface area contributed by atoms with Crippen LogP contribution in [0.5, 0.6) is 0 Å². The van der Waals surface area contributed by atoms with Gasteiger partial charge in [0.25, 0.3) is 0 Å². The van der Waals surface area contributed by atoms with Crippen molar-refractivity contribution in [1.82, 2.24) is 4.90 Å². The van der Waals surface area contributed by atoms with E-state index >= 15 is 0 Å². The average Bonchev–Trinajstić information content (AvgIpc) is 2.56. The number of ether oxygens (including phenoxy) is 1. The van der Waals surface area contributed by atoms with Crippen LogP contribution >= 0.6 is 0 Å². The highest BCUT2D eigenvalue weighted by molar-refractivity contribution is 5.24. The number of nitrogens with zero attached hydrogens (tertiary/aromatic N) is 1. The molecular weight excluding hydrogens is 274 g/mol. The van der Waals surface area contributed by atoms with Gasteiger partial charge < -0.3 is 9.84 Å². The van der Waals surface area contributed by atoms with Crippen molar-refractivity contribution >= 4 is 0 Å². The van der Waals surface area contributed by atoms with Crippen LogP contribution in [-0.4, -0.2) is 35.8 Å². The molecule has 3 nitrogen and oxygen atoms in total. The molecular formula is C19H23NO2. The molecule has 22 heavy (non-hydrogen) atoms. The second-order valence-electron chi connectivity index (χ2n) is 5.99. The molecule has 0 aliphatic carbocycles. The van der Waals surface area contributed by atoms with Crippen LogP contribution in [0.15, 0.2) is 54.6 Å². The number of rotatable bonds is 4. The van der Waals surface area contributed by atoms with E-state index in [2.05, 4.69) is 36.1 Å². The van der Waals surface area contributed by atoms with Crippen molar-refractivity contribution in [3.8, 4) is 0 Å². The topological polar surface area (TPSA) is 32.7 Å². The molecule has 1 fully saturated rings. The fourth-order valence-corrected chi connectivity index (χ4v) is 2.89. The summed E-state index contributed by atoms with van der Waals surface area (Å²) in [4.78, 5) is 2.35. The lowest BCUT2D eigenvalue weighted by Crippen LogP contribution is -2.44. The molecule has 1 N–H and O–H groups in total. The maximum atomic E-state index is 10.6. The highest BCUT2D eigenvalue weighted by atomic mass is 16.5. The minimum Gasteiger partial charge on any atom is -0.386 e. The van der Waals surface area contributed by atoms with Crippen LogP contribution in [0.4, 0.5) is 0 Å². The molecule has 2 atom stereocenters. The second kappa shape index (κ2) is 7.05. The minimum absolute atomic E-state index is 0.167. The fourth-order valence-electron chi connectivity index (χ4n) is 2.89. The quantitative estimate of drug-likeness (QED) is 0.942. The van der Waals surface area contributed by atoms with Crippen LogP contribution in [0.3, 0.4) is 0 Å². The van der Waals surface area contributed by atoms with E-state index in [-0.39, 0.29) is 6.10 Å². The van der Waals surface area contributed by atoms with Gasteiger partial charge in [-0.3, -0.25) is 4.90 Å². The Hall–Kier alpha value is -1.68. The summed E-state index contributed by atoms with van der Waals surface area (Å²) in [5.41, 5.74) is 3.43. The van der Waals surface area contributed by atoms with Gasteiger partial charge in [0, 0.05) is 19.6 Å². The monoisotopic (exact) mass is 297 g/mol. The van der Waals surface area contributed by atoms with Crippen molar-refractivity contribution < 1.29 is 9.84 Å². The van der Waals surface area contributed by atoms with Crippen molar-refractivity contribution in [1.29, 1.82) is 0 Å². The summed E-state index contributed by atoms with van der Waals surface area (Å²) in [6, 6.07) is 18.5. The van der Waals surface area contributed by atoms with Crippen LogP contribution in [0.1, 0.15) is 22.8 Å². The third kappa shape index (κ3) is 3.74. The van der Waals surface area contributed by atoms with Crippen LogP contribution in [0.2, 0.25) is 0 Å². The zero-order chi connectivity index (χ0) is 15.4. The number of aliphatic hydroxyl groups excluding tert-OH is 1. The maximum Gasteiger partial charge on any atom is 0.106 e. The first-order valence-corrected chi connectivity index (χ1v) is 7.85. The molecule has 0 saturated carbocycles. The Morgan fingerprint density at radius 1 is 1.14 bits per heavy atom. The van der Waals surface area contributed by atoms with Gasteiger partial charge in [0.2, 0.25) is 0 Å². The number of hydrogen-bond acceptors (Lipinski definition) is 3. The van der Waals surface area contributed by atoms with Gasteiger partial charge in [-0.1, -0.05) is 60.2 Å². The van der Waals surface area contributed by atoms with Crippen LogP contribution in [-0.2, 0) is 11.3 Å². The molecule has 1 aliphatic rings. The van der Waals surface area contributed by atoms with E-state index in [4.69, 9.17) is 4.74 Å². The summed E-state index contributed by atoms with van der Waals surface area (Å²) in [5.74, 6) is 0. The Kier molecular flexibility index (Phi) is 4.88. The molecule has 0 aromatic heterocycles. The normalized spacial score (nSPS) is 20.7. The Bertz CT molecular complexity index is 582. The molecule has 0 bridgehead atoms. The largest absolute Gasteiger partial charge is 0.386 e. The standard InChI is InChI=1S/C19H23NO2/c1-15-7-9-17(10-8-15)19(21)18-14-20(11-12-22-18)13-16-5-3-2-4-6-16/h2-10,18-19,21H,11-14H2,1H3/t18-,19-/m1/s1. The van der Waals surface area contributed by atoms with Crippen molar-refractivity contribution in [2.24, 2.45) is 0 Å². The van der Waals surface area contributed by atoms with E-state index in [0.717, 1.165) is 25.2 Å². The predicted molar refractivity (Wildman–Crippen MR) is 87.6 cm³/mol. The molecule has 1 heterocycles. The molecule has 1 saturated heterocycles. The first-order valence-electron chi connectivity index (χ1n) is 7.85. The third-order valence-corrected chi connectivity index (χ3v) is 4.20. The molecule has 0 radical (unpaired) electrons. The molecule has 0 spiro atoms. The molecule has 116 valence electrons. The summed E-state index contributed by atoms with van der Waals surface area (Å²) >= 11 is 0. The van der Waals surface area contributed by atoms with Gasteiger partial charge >= 0.3 is 0 Å². The van der Waals surface area contributed by atoms with E-state index in [1.807, 2.05) is 30.3 Å². The smallest absolute Gasteiger partial charge is 0.106 e. The molecule has 0 amide bonds. The lowest BCUT2D eigenvalue weighted by Gasteiger charge is -2.35. The van der Waals surface area contributed by atoms with Gasteiger partial charge in [-0.15, -0.1) is 0 Å². The van der Waals surface area contributed by atoms with Crippen molar-refractivity contribution in [2.45, 2.75) is 25.7 Å². The van der Waals surface area contributed by atoms with Gasteiger partial charge in [-0.05, 0) is 18.1 Å². The zero-order valence-corrected chi connectivity index (χ0v) is 13.0. The lowest BCUT2D eigenvalue weighted by molar-refractivity contribution is -0.0918. The van der Waals surface area contributed by atoms with Crippen LogP contribution in [0, 0.1) is 6.92 Å². The Balaban J connectivity index is 1.63. The molecule has 3 heteroatoms. The van der Waals surface area contributed by atoms with Crippen molar-refractivity contribution in [3.63, 3.8) is 0 Å². The highest BCUT2D eigenvalue weighted by Crippen LogP contribution is 2.23. The Morgan fingerprint density at radius 2 is 1.86 bits per heavy atom. The summed E-state index contributed by atoms with van der Waals surface area (Å²) in [7, 11) is 0. The SMILES string of the molecule is Cc1ccc([C@@H](O)[C@H]2CN(Cc3ccccc3)CCO2)cc1. The fraction of sp³-hybridized carbons (Fsp3) is 0.368. The molecule has 2 aromatic rings. The van der Waals surface area contributed by atoms with E-state index in [0.29, 0.717) is 6.61 Å². The van der Waals surface area contributed by atoms with Gasteiger partial charge in [0.15, 0.2) is 0 Å². The van der Waals surface area contributed by atoms with Gasteiger partial charge in [0.05, 0.1) is 6.61 Å². The summed E-state index contributed by atoms with van der Waals surface area (Å²) in [5, 5.41) is 10.6. The average molecular weight is 297 g/mol. The third-order valence-electron chi connectivity index (χ3n) is 4.20. The van der Waals surface area contributed by atoms with E-state index in [1.54, 1.807) is 0 Å². The Morgan fingerprint density at radius 3 is 2.59 bits per heavy atom. The number of aliphatic hydroxyl groups is 1. The highest BCUT2D eigenvalue weighted by Gasteiger charge is 2.27. The summed E-state index contributed by atoms with van der Waals surface area (Å²) in [6.07, 6.45) is -0.737. The first kappa shape index (κ1) is 15.2. The first-order chi connectivity index (χ1) is 10.7. The van der Waals surface area contributed by atoms with Crippen molar-refractivity contribution in [2.75, 3.05) is 19.7 Å². The molecule has 1 aliphatic heterocycles. The van der Waals surface area contributed by atoms with Crippen LogP contribution in [0.25, 0.3) is 0 Å². The maximum absolute atomic E-state index is 10.6. The number of hydrogen-bond donors (Lipinski definition) is 1. The Labute approximate surface area is 132 Å². The van der Waals surface area contributed by atoms with Gasteiger partial charge in [0.1, 0.15) is 12.2 Å². The number of morpholine rings is 1. The van der Waals surface area contributed by atoms with E-state index in [9.17, 15) is 5.11 Å². The van der Waals surface area contributed by atoms with Gasteiger partial charge in [-0.25, -0.2) is 0 Å². The molecule has 2 aromatic carbocycles. The van der Waals surface area contributed by atoms with Gasteiger partial charge in [-0.2, -0.15) is 0 Å². The van der Waals surface area contributed by atoms with E-state index < -0.39 is 6.10 Å². The minimum atomic E-state index is -0.570. The zero-order valence-electron chi connectivity index (χ0n) is 13.0. The second-order valence-corrected chi connectivity index (χ2v) is 5.99. The van der Waals surface area contributed by atoms with Crippen molar-refractivity contribution in [3.05, 3.63) is 71.3 Å². The molecule has 3 rings (SSSR count).